The Morgan fingerprint density at radius 3 is 2.59 bits per heavy atom. The summed E-state index contributed by atoms with van der Waals surface area (Å²) in [5.74, 6) is -5.45. The van der Waals surface area contributed by atoms with Gasteiger partial charge < -0.3 is 4.74 Å². The number of alkyl halides is 4. The summed E-state index contributed by atoms with van der Waals surface area (Å²) in [5, 5.41) is 0. The van der Waals surface area contributed by atoms with Gasteiger partial charge in [-0.2, -0.15) is 8.78 Å². The molecular formula is C9H8ClF4NO2. The summed E-state index contributed by atoms with van der Waals surface area (Å²) < 4.78 is 52.2. The first-order valence-electron chi connectivity index (χ1n) is 4.16. The first-order chi connectivity index (χ1) is 7.43. The molecule has 0 spiro atoms. The molecule has 0 aliphatic carbocycles. The number of aromatic nitrogens is 1. The average molecular weight is 274 g/mol. The molecule has 96 valence electrons. The van der Waals surface area contributed by atoms with Crippen molar-refractivity contribution in [1.29, 1.82) is 0 Å². The molecule has 0 aliphatic rings. The highest BCUT2D eigenvalue weighted by molar-refractivity contribution is 5.88. The molecule has 0 radical (unpaired) electrons. The molecule has 0 saturated carbocycles. The van der Waals surface area contributed by atoms with Gasteiger partial charge in [-0.3, -0.25) is 4.98 Å². The van der Waals surface area contributed by atoms with Crippen molar-refractivity contribution >= 4 is 18.4 Å². The highest BCUT2D eigenvalue weighted by atomic mass is 35.5. The number of carbonyl (C=O) groups is 1. The second-order valence-corrected chi connectivity index (χ2v) is 2.88. The van der Waals surface area contributed by atoms with Gasteiger partial charge in [0.2, 0.25) is 0 Å². The molecule has 0 unspecified atom stereocenters. The van der Waals surface area contributed by atoms with Gasteiger partial charge in [0.05, 0.1) is 5.56 Å². The van der Waals surface area contributed by atoms with Gasteiger partial charge in [0.1, 0.15) is 0 Å². The van der Waals surface area contributed by atoms with Crippen molar-refractivity contribution in [3.05, 3.63) is 30.1 Å². The number of esters is 1. The van der Waals surface area contributed by atoms with E-state index in [1.807, 2.05) is 0 Å². The third-order valence-electron chi connectivity index (χ3n) is 1.61. The smallest absolute Gasteiger partial charge is 0.340 e. The molecule has 1 rings (SSSR count). The van der Waals surface area contributed by atoms with Gasteiger partial charge in [0.25, 0.3) is 0 Å². The molecule has 0 amide bonds. The molecule has 0 N–H and O–H groups in total. The second kappa shape index (κ2) is 6.39. The summed E-state index contributed by atoms with van der Waals surface area (Å²) in [6, 6.07) is 2.66. The van der Waals surface area contributed by atoms with Gasteiger partial charge in [0.15, 0.2) is 6.61 Å². The average Bonchev–Trinajstić information content (AvgIpc) is 2.27. The van der Waals surface area contributed by atoms with Crippen LogP contribution in [0.5, 0.6) is 0 Å². The van der Waals surface area contributed by atoms with Crippen LogP contribution in [-0.4, -0.2) is 29.9 Å². The normalized spacial score (nSPS) is 10.9. The summed E-state index contributed by atoms with van der Waals surface area (Å²) in [6.07, 6.45) is -1.41. The molecule has 0 fully saturated rings. The Hall–Kier alpha value is -1.37. The lowest BCUT2D eigenvalue weighted by Crippen LogP contribution is -2.33. The number of rotatable bonds is 4. The maximum Gasteiger partial charge on any atom is 0.340 e. The van der Waals surface area contributed by atoms with E-state index in [9.17, 15) is 22.4 Å². The van der Waals surface area contributed by atoms with Crippen LogP contribution in [0.2, 0.25) is 0 Å². The van der Waals surface area contributed by atoms with E-state index in [0.717, 1.165) is 6.20 Å². The summed E-state index contributed by atoms with van der Waals surface area (Å²) in [5.41, 5.74) is -0.0763. The van der Waals surface area contributed by atoms with Crippen molar-refractivity contribution in [2.24, 2.45) is 0 Å². The number of nitrogens with zero attached hydrogens (tertiary/aromatic N) is 1. The van der Waals surface area contributed by atoms with Crippen LogP contribution in [0.4, 0.5) is 17.6 Å². The fourth-order valence-corrected chi connectivity index (χ4v) is 0.792. The van der Waals surface area contributed by atoms with E-state index < -0.39 is 24.9 Å². The van der Waals surface area contributed by atoms with Crippen LogP contribution in [0.25, 0.3) is 0 Å². The van der Waals surface area contributed by atoms with Crippen molar-refractivity contribution in [2.75, 3.05) is 6.61 Å². The number of pyridine rings is 1. The summed E-state index contributed by atoms with van der Waals surface area (Å²) >= 11 is 0. The molecule has 1 heterocycles. The number of ether oxygens (including phenoxy) is 1. The van der Waals surface area contributed by atoms with Crippen molar-refractivity contribution in [2.45, 2.75) is 12.3 Å². The van der Waals surface area contributed by atoms with E-state index in [1.165, 1.54) is 18.3 Å². The zero-order valence-corrected chi connectivity index (χ0v) is 9.09. The van der Waals surface area contributed by atoms with Crippen LogP contribution in [-0.2, 0) is 4.74 Å². The Bertz CT molecular complexity index is 361. The van der Waals surface area contributed by atoms with Crippen molar-refractivity contribution in [1.82, 2.24) is 4.98 Å². The Balaban J connectivity index is 0.00000256. The Morgan fingerprint density at radius 1 is 1.47 bits per heavy atom. The van der Waals surface area contributed by atoms with Gasteiger partial charge in [-0.05, 0) is 12.1 Å². The zero-order chi connectivity index (χ0) is 12.2. The Labute approximate surface area is 100 Å². The molecule has 0 aliphatic heterocycles. The molecule has 1 aromatic rings. The molecule has 0 saturated heterocycles. The molecule has 3 nitrogen and oxygen atoms in total. The summed E-state index contributed by atoms with van der Waals surface area (Å²) in [6.45, 7) is -1.65. The van der Waals surface area contributed by atoms with Crippen molar-refractivity contribution in [3.63, 3.8) is 0 Å². The first kappa shape index (κ1) is 15.6. The van der Waals surface area contributed by atoms with Gasteiger partial charge in [0, 0.05) is 12.4 Å². The third kappa shape index (κ3) is 4.56. The maximum absolute atomic E-state index is 12.4. The van der Waals surface area contributed by atoms with Crippen molar-refractivity contribution in [3.8, 4) is 0 Å². The van der Waals surface area contributed by atoms with Crippen LogP contribution in [0.1, 0.15) is 10.4 Å². The largest absolute Gasteiger partial charge is 0.455 e. The minimum atomic E-state index is -4.34. The van der Waals surface area contributed by atoms with Crippen LogP contribution in [0.3, 0.4) is 0 Å². The van der Waals surface area contributed by atoms with Crippen LogP contribution >= 0.6 is 12.4 Å². The molecular weight excluding hydrogens is 266 g/mol. The predicted octanol–water partition coefficient (Wildman–Crippen LogP) is 2.56. The van der Waals surface area contributed by atoms with Crippen molar-refractivity contribution < 1.29 is 27.1 Å². The van der Waals surface area contributed by atoms with E-state index in [-0.39, 0.29) is 18.0 Å². The quantitative estimate of drug-likeness (QED) is 0.625. The van der Waals surface area contributed by atoms with E-state index in [1.54, 1.807) is 0 Å². The third-order valence-corrected chi connectivity index (χ3v) is 1.61. The molecule has 0 bridgehead atoms. The van der Waals surface area contributed by atoms with E-state index in [0.29, 0.717) is 0 Å². The highest BCUT2D eigenvalue weighted by Gasteiger charge is 2.42. The highest BCUT2D eigenvalue weighted by Crippen LogP contribution is 2.23. The number of hydrogen-bond donors (Lipinski definition) is 0. The first-order valence-corrected chi connectivity index (χ1v) is 4.16. The Kier molecular flexibility index (Phi) is 5.87. The molecule has 8 heteroatoms. The van der Waals surface area contributed by atoms with E-state index >= 15 is 0 Å². The molecule has 0 aromatic carbocycles. The maximum atomic E-state index is 12.4. The topological polar surface area (TPSA) is 39.2 Å². The number of carbonyl (C=O) groups excluding carboxylic acids is 1. The fraction of sp³-hybridized carbons (Fsp3) is 0.333. The summed E-state index contributed by atoms with van der Waals surface area (Å²) in [7, 11) is 0. The molecule has 0 atom stereocenters. The standard InChI is InChI=1S/C9H7F4NO2.ClH/c10-8(11)9(12,13)5-16-7(15)6-2-1-3-14-4-6;/h1-4,8H,5H2;1H. The lowest BCUT2D eigenvalue weighted by molar-refractivity contribution is -0.155. The SMILES string of the molecule is Cl.O=C(OCC(F)(F)C(F)F)c1cccnc1. The minimum Gasteiger partial charge on any atom is -0.455 e. The number of halogens is 5. The van der Waals surface area contributed by atoms with E-state index in [2.05, 4.69) is 9.72 Å². The van der Waals surface area contributed by atoms with Crippen LogP contribution in [0.15, 0.2) is 24.5 Å². The van der Waals surface area contributed by atoms with Crippen LogP contribution in [0, 0.1) is 0 Å². The predicted molar refractivity (Wildman–Crippen MR) is 52.7 cm³/mol. The van der Waals surface area contributed by atoms with Crippen LogP contribution < -0.4 is 0 Å². The number of hydrogen-bond acceptors (Lipinski definition) is 3. The Morgan fingerprint density at radius 2 is 2.12 bits per heavy atom. The molecule has 1 aromatic heterocycles. The van der Waals surface area contributed by atoms with Gasteiger partial charge in [-0.15, -0.1) is 12.4 Å². The lowest BCUT2D eigenvalue weighted by Gasteiger charge is -2.14. The molecule has 17 heavy (non-hydrogen) atoms. The van der Waals surface area contributed by atoms with E-state index in [4.69, 9.17) is 0 Å². The zero-order valence-electron chi connectivity index (χ0n) is 8.28. The van der Waals surface area contributed by atoms with Gasteiger partial charge in [-0.1, -0.05) is 0 Å². The lowest BCUT2D eigenvalue weighted by atomic mass is 10.3. The van der Waals surface area contributed by atoms with Gasteiger partial charge in [-0.25, -0.2) is 13.6 Å². The minimum absolute atomic E-state index is 0. The van der Waals surface area contributed by atoms with Gasteiger partial charge >= 0.3 is 18.3 Å². The second-order valence-electron chi connectivity index (χ2n) is 2.88. The monoisotopic (exact) mass is 273 g/mol. The summed E-state index contributed by atoms with van der Waals surface area (Å²) in [4.78, 5) is 14.6. The fourth-order valence-electron chi connectivity index (χ4n) is 0.792.